The molecule has 8 nitrogen and oxygen atoms in total. The van der Waals surface area contributed by atoms with Gasteiger partial charge in [0.05, 0.1) is 18.6 Å². The van der Waals surface area contributed by atoms with E-state index in [2.05, 4.69) is 5.32 Å². The third kappa shape index (κ3) is 6.32. The van der Waals surface area contributed by atoms with Crippen LogP contribution in [0.3, 0.4) is 0 Å². The van der Waals surface area contributed by atoms with Crippen molar-refractivity contribution >= 4 is 34.9 Å². The third-order valence-electron chi connectivity index (χ3n) is 5.16. The van der Waals surface area contributed by atoms with Crippen molar-refractivity contribution in [3.8, 4) is 17.2 Å². The molecule has 9 heteroatoms. The second-order valence-electron chi connectivity index (χ2n) is 7.56. The molecule has 180 valence electrons. The number of methoxy groups -OCH3 is 1. The number of rotatable bonds is 10. The Balaban J connectivity index is 1.52. The lowest BCUT2D eigenvalue weighted by molar-refractivity contribution is -0.125. The number of nitrogens with zero attached hydrogens (tertiary/aromatic N) is 1. The van der Waals surface area contributed by atoms with E-state index in [4.69, 9.17) is 14.2 Å². The molecule has 0 unspecified atom stereocenters. The summed E-state index contributed by atoms with van der Waals surface area (Å²) >= 11 is 0.862. The Morgan fingerprint density at radius 3 is 2.56 bits per heavy atom. The quantitative estimate of drug-likeness (QED) is 0.511. The van der Waals surface area contributed by atoms with Gasteiger partial charge in [0.2, 0.25) is 0 Å². The van der Waals surface area contributed by atoms with E-state index < -0.39 is 5.91 Å². The number of thioether (sulfide) groups is 1. The van der Waals surface area contributed by atoms with Crippen molar-refractivity contribution in [2.75, 3.05) is 33.4 Å². The minimum absolute atomic E-state index is 0.0734. The SMILES string of the molecule is CCOc1ccc(C=C2SC(=O)N(CCNC(=O)COc3ccc(C)c(C)c3)C2=O)cc1OC. The lowest BCUT2D eigenvalue weighted by atomic mass is 10.1. The molecule has 1 aliphatic rings. The highest BCUT2D eigenvalue weighted by molar-refractivity contribution is 8.18. The summed E-state index contributed by atoms with van der Waals surface area (Å²) in [5, 5.41) is 2.30. The van der Waals surface area contributed by atoms with E-state index in [9.17, 15) is 14.4 Å². The molecule has 0 aromatic heterocycles. The number of ether oxygens (including phenoxy) is 3. The predicted molar refractivity (Wildman–Crippen MR) is 131 cm³/mol. The van der Waals surface area contributed by atoms with Crippen LogP contribution in [0.25, 0.3) is 6.08 Å². The minimum Gasteiger partial charge on any atom is -0.493 e. The molecule has 1 heterocycles. The molecule has 0 radical (unpaired) electrons. The lowest BCUT2D eigenvalue weighted by Crippen LogP contribution is -2.38. The average Bonchev–Trinajstić information content (AvgIpc) is 3.08. The highest BCUT2D eigenvalue weighted by atomic mass is 32.2. The van der Waals surface area contributed by atoms with Gasteiger partial charge in [0.25, 0.3) is 17.1 Å². The summed E-state index contributed by atoms with van der Waals surface area (Å²) in [7, 11) is 1.54. The topological polar surface area (TPSA) is 94.2 Å². The van der Waals surface area contributed by atoms with Gasteiger partial charge in [0.1, 0.15) is 5.75 Å². The normalized spacial score (nSPS) is 14.5. The van der Waals surface area contributed by atoms with Gasteiger partial charge in [-0.2, -0.15) is 0 Å². The highest BCUT2D eigenvalue weighted by Gasteiger charge is 2.34. The van der Waals surface area contributed by atoms with E-state index in [0.717, 1.165) is 27.8 Å². The first kappa shape index (κ1) is 25.2. The van der Waals surface area contributed by atoms with Crippen molar-refractivity contribution in [2.24, 2.45) is 0 Å². The standard InChI is InChI=1S/C25H28N2O6S/c1-5-32-20-9-7-18(13-21(20)31-4)14-22-24(29)27(25(30)34-22)11-10-26-23(28)15-33-19-8-6-16(2)17(3)12-19/h6-9,12-14H,5,10-11,15H2,1-4H3,(H,26,28). The van der Waals surface area contributed by atoms with Crippen molar-refractivity contribution in [3.05, 3.63) is 58.0 Å². The first-order chi connectivity index (χ1) is 16.3. The van der Waals surface area contributed by atoms with Crippen LogP contribution in [0.5, 0.6) is 17.2 Å². The van der Waals surface area contributed by atoms with Crippen LogP contribution in [-0.2, 0) is 9.59 Å². The number of amides is 3. The number of imide groups is 1. The maximum Gasteiger partial charge on any atom is 0.293 e. The molecular formula is C25H28N2O6S. The Bertz CT molecular complexity index is 1110. The van der Waals surface area contributed by atoms with Gasteiger partial charge in [-0.1, -0.05) is 12.1 Å². The molecule has 2 aromatic carbocycles. The Morgan fingerprint density at radius 2 is 1.85 bits per heavy atom. The zero-order valence-electron chi connectivity index (χ0n) is 19.7. The van der Waals surface area contributed by atoms with E-state index in [1.807, 2.05) is 39.0 Å². The molecule has 1 saturated heterocycles. The average molecular weight is 485 g/mol. The molecule has 0 aliphatic carbocycles. The molecule has 0 bridgehead atoms. The fourth-order valence-corrected chi connectivity index (χ4v) is 4.07. The van der Waals surface area contributed by atoms with Gasteiger partial charge in [0, 0.05) is 13.1 Å². The van der Waals surface area contributed by atoms with Gasteiger partial charge < -0.3 is 19.5 Å². The Hall–Kier alpha value is -3.46. The molecule has 1 fully saturated rings. The number of benzene rings is 2. The molecule has 3 amide bonds. The third-order valence-corrected chi connectivity index (χ3v) is 6.07. The summed E-state index contributed by atoms with van der Waals surface area (Å²) in [6, 6.07) is 10.9. The number of hydrogen-bond donors (Lipinski definition) is 1. The summed E-state index contributed by atoms with van der Waals surface area (Å²) in [4.78, 5) is 38.6. The molecule has 0 atom stereocenters. The summed E-state index contributed by atoms with van der Waals surface area (Å²) in [6.45, 7) is 6.41. The van der Waals surface area contributed by atoms with Gasteiger partial charge in [-0.05, 0) is 79.6 Å². The number of carbonyl (C=O) groups is 3. The van der Waals surface area contributed by atoms with E-state index in [-0.39, 0.29) is 30.8 Å². The summed E-state index contributed by atoms with van der Waals surface area (Å²) in [6.07, 6.45) is 1.64. The van der Waals surface area contributed by atoms with Crippen LogP contribution < -0.4 is 19.5 Å². The Labute approximate surface area is 203 Å². The van der Waals surface area contributed by atoms with Crippen LogP contribution in [0.2, 0.25) is 0 Å². The second-order valence-corrected chi connectivity index (χ2v) is 8.55. The van der Waals surface area contributed by atoms with Gasteiger partial charge in [-0.3, -0.25) is 19.3 Å². The van der Waals surface area contributed by atoms with E-state index in [1.165, 1.54) is 7.11 Å². The molecule has 34 heavy (non-hydrogen) atoms. The number of nitrogens with one attached hydrogen (secondary N) is 1. The van der Waals surface area contributed by atoms with Gasteiger partial charge in [-0.15, -0.1) is 0 Å². The van der Waals surface area contributed by atoms with Crippen LogP contribution in [0.15, 0.2) is 41.3 Å². The fraction of sp³-hybridized carbons (Fsp3) is 0.320. The first-order valence-corrected chi connectivity index (χ1v) is 11.7. The zero-order valence-corrected chi connectivity index (χ0v) is 20.5. The number of aryl methyl sites for hydroxylation is 2. The van der Waals surface area contributed by atoms with Crippen molar-refractivity contribution in [1.29, 1.82) is 0 Å². The molecule has 1 aliphatic heterocycles. The molecule has 2 aromatic rings. The predicted octanol–water partition coefficient (Wildman–Crippen LogP) is 3.94. The van der Waals surface area contributed by atoms with Gasteiger partial charge in [0.15, 0.2) is 18.1 Å². The van der Waals surface area contributed by atoms with Crippen LogP contribution >= 0.6 is 11.8 Å². The van der Waals surface area contributed by atoms with E-state index in [1.54, 1.807) is 24.3 Å². The summed E-state index contributed by atoms with van der Waals surface area (Å²) in [5.74, 6) is 1.03. The summed E-state index contributed by atoms with van der Waals surface area (Å²) < 4.78 is 16.3. The molecular weight excluding hydrogens is 456 g/mol. The Kier molecular flexibility index (Phi) is 8.59. The van der Waals surface area contributed by atoms with Crippen molar-refractivity contribution in [1.82, 2.24) is 10.2 Å². The van der Waals surface area contributed by atoms with Gasteiger partial charge in [-0.25, -0.2) is 0 Å². The van der Waals surface area contributed by atoms with Crippen molar-refractivity contribution in [3.63, 3.8) is 0 Å². The zero-order chi connectivity index (χ0) is 24.7. The molecule has 1 N–H and O–H groups in total. The molecule has 0 saturated carbocycles. The maximum atomic E-state index is 12.7. The largest absolute Gasteiger partial charge is 0.493 e. The van der Waals surface area contributed by atoms with Crippen LogP contribution in [0, 0.1) is 13.8 Å². The van der Waals surface area contributed by atoms with Crippen LogP contribution in [0.4, 0.5) is 4.79 Å². The van der Waals surface area contributed by atoms with Crippen molar-refractivity contribution in [2.45, 2.75) is 20.8 Å². The van der Waals surface area contributed by atoms with E-state index >= 15 is 0 Å². The van der Waals surface area contributed by atoms with Crippen LogP contribution in [-0.4, -0.2) is 55.4 Å². The first-order valence-electron chi connectivity index (χ1n) is 10.8. The number of hydrogen-bond acceptors (Lipinski definition) is 7. The van der Waals surface area contributed by atoms with Gasteiger partial charge >= 0.3 is 0 Å². The van der Waals surface area contributed by atoms with Crippen LogP contribution in [0.1, 0.15) is 23.6 Å². The van der Waals surface area contributed by atoms with Crippen molar-refractivity contribution < 1.29 is 28.6 Å². The monoisotopic (exact) mass is 484 g/mol. The summed E-state index contributed by atoms with van der Waals surface area (Å²) in [5.41, 5.74) is 2.93. The lowest BCUT2D eigenvalue weighted by Gasteiger charge is -2.13. The minimum atomic E-state index is -0.400. The van der Waals surface area contributed by atoms with E-state index in [0.29, 0.717) is 34.3 Å². The molecule has 3 rings (SSSR count). The number of carbonyl (C=O) groups excluding carboxylic acids is 3. The maximum absolute atomic E-state index is 12.7. The second kappa shape index (κ2) is 11.6. The smallest absolute Gasteiger partial charge is 0.293 e. The highest BCUT2D eigenvalue weighted by Crippen LogP contribution is 2.34. The molecule has 0 spiro atoms. The Morgan fingerprint density at radius 1 is 1.06 bits per heavy atom. The fourth-order valence-electron chi connectivity index (χ4n) is 3.20.